The minimum Gasteiger partial charge on any atom is -0.497 e. The largest absolute Gasteiger partial charge is 0.497 e. The number of methoxy groups -OCH3 is 1. The molecule has 1 heterocycles. The Morgan fingerprint density at radius 2 is 2.19 bits per heavy atom. The number of hydrogen-bond donors (Lipinski definition) is 2. The maximum atomic E-state index is 12.2. The van der Waals surface area contributed by atoms with Crippen molar-refractivity contribution in [3.05, 3.63) is 36.3 Å². The van der Waals surface area contributed by atoms with Crippen molar-refractivity contribution in [1.29, 1.82) is 0 Å². The monoisotopic (exact) mass is 306 g/mol. The van der Waals surface area contributed by atoms with E-state index in [1.54, 1.807) is 31.6 Å². The minimum atomic E-state index is -0.261. The predicted molar refractivity (Wildman–Crippen MR) is 84.8 cm³/mol. The van der Waals surface area contributed by atoms with Gasteiger partial charge in [-0.15, -0.1) is 11.8 Å². The molecule has 5 nitrogen and oxygen atoms in total. The highest BCUT2D eigenvalue weighted by atomic mass is 32.2. The average Bonchev–Trinajstić information content (AvgIpc) is 2.86. The van der Waals surface area contributed by atoms with Gasteiger partial charge in [-0.25, -0.2) is 0 Å². The minimum absolute atomic E-state index is 0.113. The fourth-order valence-electron chi connectivity index (χ4n) is 1.76. The molecule has 0 aliphatic carbocycles. The lowest BCUT2D eigenvalue weighted by Crippen LogP contribution is -2.22. The number of carbonyl (C=O) groups is 1. The van der Waals surface area contributed by atoms with Crippen LogP contribution in [0.3, 0.4) is 0 Å². The van der Waals surface area contributed by atoms with E-state index in [1.807, 2.05) is 19.9 Å². The summed E-state index contributed by atoms with van der Waals surface area (Å²) in [5.41, 5.74) is 6.94. The van der Waals surface area contributed by atoms with Crippen molar-refractivity contribution in [2.24, 2.45) is 0 Å². The molecule has 0 spiro atoms. The summed E-state index contributed by atoms with van der Waals surface area (Å²) < 4.78 is 10.3. The number of ether oxygens (including phenoxy) is 1. The highest BCUT2D eigenvalue weighted by molar-refractivity contribution is 8.00. The normalized spacial score (nSPS) is 12.0. The average molecular weight is 306 g/mol. The van der Waals surface area contributed by atoms with Crippen molar-refractivity contribution in [2.45, 2.75) is 24.0 Å². The lowest BCUT2D eigenvalue weighted by atomic mass is 10.2. The van der Waals surface area contributed by atoms with Gasteiger partial charge in [-0.05, 0) is 32.0 Å². The van der Waals surface area contributed by atoms with Crippen LogP contribution >= 0.6 is 11.8 Å². The van der Waals surface area contributed by atoms with E-state index in [2.05, 4.69) is 5.32 Å². The van der Waals surface area contributed by atoms with Crippen LogP contribution in [0, 0.1) is 6.92 Å². The molecule has 3 N–H and O–H groups in total. The molecule has 0 saturated heterocycles. The first-order valence-electron chi connectivity index (χ1n) is 6.46. The molecular formula is C15H18N2O3S. The zero-order valence-corrected chi connectivity index (χ0v) is 13.0. The Balaban J connectivity index is 2.02. The lowest BCUT2D eigenvalue weighted by molar-refractivity contribution is -0.115. The summed E-state index contributed by atoms with van der Waals surface area (Å²) >= 11 is 1.45. The number of rotatable bonds is 5. The Kier molecular flexibility index (Phi) is 4.80. The van der Waals surface area contributed by atoms with E-state index in [0.717, 1.165) is 10.7 Å². The number of nitrogen functional groups attached to an aromatic ring is 1. The number of hydrogen-bond acceptors (Lipinski definition) is 5. The second kappa shape index (κ2) is 6.58. The quantitative estimate of drug-likeness (QED) is 0.654. The SMILES string of the molecule is COc1ccc(NC(=O)C(C)Sc2ccoc2C)c(N)c1. The van der Waals surface area contributed by atoms with Crippen molar-refractivity contribution < 1.29 is 13.9 Å². The topological polar surface area (TPSA) is 77.5 Å². The summed E-state index contributed by atoms with van der Waals surface area (Å²) in [4.78, 5) is 13.2. The molecule has 0 saturated carbocycles. The van der Waals surface area contributed by atoms with Gasteiger partial charge in [0.05, 0.1) is 30.0 Å². The molecule has 0 aliphatic rings. The molecule has 0 aliphatic heterocycles. The Labute approximate surface area is 127 Å². The fourth-order valence-corrected chi connectivity index (χ4v) is 2.65. The molecule has 1 aromatic carbocycles. The van der Waals surface area contributed by atoms with E-state index in [1.165, 1.54) is 11.8 Å². The van der Waals surface area contributed by atoms with E-state index in [0.29, 0.717) is 17.1 Å². The van der Waals surface area contributed by atoms with Gasteiger partial charge in [0.15, 0.2) is 0 Å². The zero-order valence-electron chi connectivity index (χ0n) is 12.2. The summed E-state index contributed by atoms with van der Waals surface area (Å²) in [6, 6.07) is 7.01. The van der Waals surface area contributed by atoms with E-state index in [-0.39, 0.29) is 11.2 Å². The number of amides is 1. The van der Waals surface area contributed by atoms with Crippen LogP contribution in [0.25, 0.3) is 0 Å². The van der Waals surface area contributed by atoms with Crippen molar-refractivity contribution in [1.82, 2.24) is 0 Å². The summed E-state index contributed by atoms with van der Waals surface area (Å²) in [6.45, 7) is 3.71. The molecule has 1 atom stereocenters. The number of carbonyl (C=O) groups excluding carboxylic acids is 1. The maximum absolute atomic E-state index is 12.2. The van der Waals surface area contributed by atoms with E-state index >= 15 is 0 Å². The van der Waals surface area contributed by atoms with E-state index < -0.39 is 0 Å². The molecule has 2 aromatic rings. The van der Waals surface area contributed by atoms with Crippen LogP contribution in [0.2, 0.25) is 0 Å². The van der Waals surface area contributed by atoms with Gasteiger partial charge in [0.1, 0.15) is 11.5 Å². The van der Waals surface area contributed by atoms with Crippen LogP contribution < -0.4 is 15.8 Å². The van der Waals surface area contributed by atoms with Gasteiger partial charge >= 0.3 is 0 Å². The molecule has 112 valence electrons. The number of nitrogens with one attached hydrogen (secondary N) is 1. The van der Waals surface area contributed by atoms with E-state index in [4.69, 9.17) is 14.9 Å². The maximum Gasteiger partial charge on any atom is 0.237 e. The molecule has 0 radical (unpaired) electrons. The third kappa shape index (κ3) is 3.72. The summed E-state index contributed by atoms with van der Waals surface area (Å²) in [5.74, 6) is 1.35. The van der Waals surface area contributed by atoms with Crippen molar-refractivity contribution in [3.63, 3.8) is 0 Å². The fraction of sp³-hybridized carbons (Fsp3) is 0.267. The number of benzene rings is 1. The molecule has 0 bridgehead atoms. The van der Waals surface area contributed by atoms with Crippen molar-refractivity contribution in [2.75, 3.05) is 18.2 Å². The third-order valence-corrected chi connectivity index (χ3v) is 4.25. The molecular weight excluding hydrogens is 288 g/mol. The van der Waals surface area contributed by atoms with Gasteiger partial charge in [-0.3, -0.25) is 4.79 Å². The summed E-state index contributed by atoms with van der Waals surface area (Å²) in [5, 5.41) is 2.56. The Morgan fingerprint density at radius 1 is 1.43 bits per heavy atom. The van der Waals surface area contributed by atoms with E-state index in [9.17, 15) is 4.79 Å². The lowest BCUT2D eigenvalue weighted by Gasteiger charge is -2.13. The Hall–Kier alpha value is -2.08. The second-order valence-electron chi connectivity index (χ2n) is 4.54. The Morgan fingerprint density at radius 3 is 2.76 bits per heavy atom. The highest BCUT2D eigenvalue weighted by Gasteiger charge is 2.17. The van der Waals surface area contributed by atoms with Crippen LogP contribution in [0.15, 0.2) is 39.8 Å². The molecule has 1 amide bonds. The smallest absolute Gasteiger partial charge is 0.237 e. The number of furan rings is 1. The summed E-state index contributed by atoms with van der Waals surface area (Å²) in [7, 11) is 1.57. The molecule has 21 heavy (non-hydrogen) atoms. The number of anilines is 2. The molecule has 1 aromatic heterocycles. The van der Waals surface area contributed by atoms with Crippen LogP contribution in [-0.2, 0) is 4.79 Å². The van der Waals surface area contributed by atoms with Gasteiger partial charge in [-0.2, -0.15) is 0 Å². The number of aryl methyl sites for hydroxylation is 1. The van der Waals surface area contributed by atoms with Crippen LogP contribution in [0.1, 0.15) is 12.7 Å². The first-order chi connectivity index (χ1) is 10.0. The van der Waals surface area contributed by atoms with Crippen LogP contribution in [0.4, 0.5) is 11.4 Å². The van der Waals surface area contributed by atoms with Gasteiger partial charge in [0.2, 0.25) is 5.91 Å². The number of thioether (sulfide) groups is 1. The van der Waals surface area contributed by atoms with Gasteiger partial charge < -0.3 is 20.2 Å². The van der Waals surface area contributed by atoms with Crippen molar-refractivity contribution in [3.8, 4) is 5.75 Å². The second-order valence-corrected chi connectivity index (χ2v) is 5.93. The molecule has 6 heteroatoms. The van der Waals surface area contributed by atoms with Crippen LogP contribution in [-0.4, -0.2) is 18.3 Å². The van der Waals surface area contributed by atoms with Crippen molar-refractivity contribution >= 4 is 29.0 Å². The van der Waals surface area contributed by atoms with Gasteiger partial charge in [0.25, 0.3) is 0 Å². The standard InChI is InChI=1S/C15H18N2O3S/c1-9-14(6-7-20-9)21-10(2)15(18)17-13-5-4-11(19-3)8-12(13)16/h4-8,10H,16H2,1-3H3,(H,17,18). The Bertz CT molecular complexity index is 640. The first-order valence-corrected chi connectivity index (χ1v) is 7.34. The first kappa shape index (κ1) is 15.3. The van der Waals surface area contributed by atoms with Gasteiger partial charge in [-0.1, -0.05) is 0 Å². The molecule has 1 unspecified atom stereocenters. The predicted octanol–water partition coefficient (Wildman–Crippen LogP) is 3.30. The molecule has 0 fully saturated rings. The van der Waals surface area contributed by atoms with Crippen LogP contribution in [0.5, 0.6) is 5.75 Å². The third-order valence-electron chi connectivity index (χ3n) is 3.00. The highest BCUT2D eigenvalue weighted by Crippen LogP contribution is 2.29. The van der Waals surface area contributed by atoms with Gasteiger partial charge in [0, 0.05) is 11.0 Å². The zero-order chi connectivity index (χ0) is 15.4. The number of nitrogens with two attached hydrogens (primary N) is 1. The molecule has 2 rings (SSSR count). The summed E-state index contributed by atoms with van der Waals surface area (Å²) in [6.07, 6.45) is 1.61.